The van der Waals surface area contributed by atoms with Crippen LogP contribution in [0.25, 0.3) is 10.8 Å². The van der Waals surface area contributed by atoms with Crippen molar-refractivity contribution in [1.29, 1.82) is 0 Å². The van der Waals surface area contributed by atoms with Crippen LogP contribution in [-0.2, 0) is 16.1 Å². The number of hydroxylamine groups is 1. The molecular formula is C24H28ClN3O4. The predicted molar refractivity (Wildman–Crippen MR) is 119 cm³/mol. The topological polar surface area (TPSA) is 92.1 Å². The molecule has 0 fully saturated rings. The SMILES string of the molecule is CC[NH+](CC)Cc1ccc2cc(C(OC(=O)Nc3ccccc3)C(=O)NO)ccc2c1.[Cl-]. The monoisotopic (exact) mass is 457 g/mol. The number of anilines is 1. The number of amides is 2. The fraction of sp³-hybridized carbons (Fsp3) is 0.250. The third kappa shape index (κ3) is 6.43. The first kappa shape index (κ1) is 25.1. The molecule has 0 saturated carbocycles. The van der Waals surface area contributed by atoms with E-state index >= 15 is 0 Å². The molecule has 170 valence electrons. The van der Waals surface area contributed by atoms with Crippen LogP contribution < -0.4 is 28.1 Å². The van der Waals surface area contributed by atoms with Gasteiger partial charge in [-0.2, -0.15) is 0 Å². The lowest BCUT2D eigenvalue weighted by molar-refractivity contribution is -0.910. The molecule has 0 spiro atoms. The highest BCUT2D eigenvalue weighted by atomic mass is 35.5. The fourth-order valence-electron chi connectivity index (χ4n) is 3.48. The summed E-state index contributed by atoms with van der Waals surface area (Å²) in [7, 11) is 0. The summed E-state index contributed by atoms with van der Waals surface area (Å²) in [5.74, 6) is -0.829. The molecule has 3 rings (SSSR count). The van der Waals surface area contributed by atoms with Gasteiger partial charge in [0, 0.05) is 16.8 Å². The molecule has 0 bridgehead atoms. The molecule has 0 saturated heterocycles. The summed E-state index contributed by atoms with van der Waals surface area (Å²) in [4.78, 5) is 26.0. The Bertz CT molecular complexity index is 1040. The summed E-state index contributed by atoms with van der Waals surface area (Å²) in [5.41, 5.74) is 3.82. The molecule has 0 aliphatic rings. The van der Waals surface area contributed by atoms with Crippen LogP contribution in [0.3, 0.4) is 0 Å². The molecule has 0 aliphatic carbocycles. The highest BCUT2D eigenvalue weighted by Crippen LogP contribution is 2.25. The molecule has 32 heavy (non-hydrogen) atoms. The lowest BCUT2D eigenvalue weighted by Gasteiger charge is -2.18. The molecule has 1 atom stereocenters. The van der Waals surface area contributed by atoms with Crippen molar-refractivity contribution in [2.24, 2.45) is 0 Å². The van der Waals surface area contributed by atoms with Gasteiger partial charge in [-0.05, 0) is 48.9 Å². The maximum atomic E-state index is 12.3. The Balaban J connectivity index is 0.00000363. The number of rotatable bonds is 8. The Hall–Kier alpha value is -3.13. The minimum Gasteiger partial charge on any atom is -1.00 e. The van der Waals surface area contributed by atoms with Crippen molar-refractivity contribution in [3.05, 3.63) is 77.9 Å². The molecule has 0 radical (unpaired) electrons. The van der Waals surface area contributed by atoms with E-state index in [4.69, 9.17) is 9.94 Å². The van der Waals surface area contributed by atoms with Gasteiger partial charge in [0.05, 0.1) is 13.1 Å². The van der Waals surface area contributed by atoms with Crippen LogP contribution in [0.15, 0.2) is 66.7 Å². The van der Waals surface area contributed by atoms with Crippen molar-refractivity contribution in [3.63, 3.8) is 0 Å². The summed E-state index contributed by atoms with van der Waals surface area (Å²) in [6.07, 6.45) is -2.09. The number of hydrogen-bond donors (Lipinski definition) is 4. The van der Waals surface area contributed by atoms with E-state index in [1.54, 1.807) is 41.9 Å². The number of nitrogens with one attached hydrogen (secondary N) is 3. The van der Waals surface area contributed by atoms with E-state index in [0.29, 0.717) is 11.3 Å². The normalized spacial score (nSPS) is 11.5. The summed E-state index contributed by atoms with van der Waals surface area (Å²) in [6, 6.07) is 20.4. The molecule has 4 N–H and O–H groups in total. The molecular weight excluding hydrogens is 430 g/mol. The largest absolute Gasteiger partial charge is 1.00 e. The van der Waals surface area contributed by atoms with Crippen molar-refractivity contribution in [3.8, 4) is 0 Å². The lowest BCUT2D eigenvalue weighted by Crippen LogP contribution is -3.10. The van der Waals surface area contributed by atoms with Crippen LogP contribution >= 0.6 is 0 Å². The molecule has 7 nitrogen and oxygen atoms in total. The summed E-state index contributed by atoms with van der Waals surface area (Å²) in [5, 5.41) is 13.7. The second-order valence-corrected chi connectivity index (χ2v) is 7.33. The number of benzene rings is 3. The minimum absolute atomic E-state index is 0. The standard InChI is InChI=1S/C24H27N3O4.ClH/c1-3-27(4-2)16-17-10-11-19-15-20(13-12-18(19)14-17)22(23(28)26-30)31-24(29)25-21-8-6-5-7-9-21;/h5-15,22,30H,3-4,16H2,1-2H3,(H,25,29)(H,26,28);1H. The van der Waals surface area contributed by atoms with E-state index in [1.807, 2.05) is 18.2 Å². The third-order valence-corrected chi connectivity index (χ3v) is 5.28. The van der Waals surface area contributed by atoms with Crippen LogP contribution in [0, 0.1) is 0 Å². The number of carbonyl (C=O) groups is 2. The molecule has 0 heterocycles. The van der Waals surface area contributed by atoms with Gasteiger partial charge in [-0.15, -0.1) is 0 Å². The van der Waals surface area contributed by atoms with Crippen LogP contribution in [0.2, 0.25) is 0 Å². The van der Waals surface area contributed by atoms with Crippen LogP contribution in [0.1, 0.15) is 31.1 Å². The van der Waals surface area contributed by atoms with Crippen molar-refractivity contribution in [1.82, 2.24) is 5.48 Å². The number of quaternary nitrogens is 1. The van der Waals surface area contributed by atoms with Gasteiger partial charge in [0.15, 0.2) is 0 Å². The second kappa shape index (κ2) is 12.0. The summed E-state index contributed by atoms with van der Waals surface area (Å²) < 4.78 is 5.32. The molecule has 3 aromatic carbocycles. The van der Waals surface area contributed by atoms with E-state index < -0.39 is 18.1 Å². The average molecular weight is 458 g/mol. The first-order valence-electron chi connectivity index (χ1n) is 10.4. The molecule has 2 amide bonds. The number of hydrogen-bond acceptors (Lipinski definition) is 4. The highest BCUT2D eigenvalue weighted by molar-refractivity contribution is 5.90. The minimum atomic E-state index is -1.29. The summed E-state index contributed by atoms with van der Waals surface area (Å²) in [6.45, 7) is 7.42. The van der Waals surface area contributed by atoms with Crippen LogP contribution in [-0.4, -0.2) is 30.3 Å². The van der Waals surface area contributed by atoms with Gasteiger partial charge in [-0.1, -0.05) is 42.5 Å². The quantitative estimate of drug-likeness (QED) is 0.284. The molecule has 8 heteroatoms. The predicted octanol–water partition coefficient (Wildman–Crippen LogP) is 0.0637. The Labute approximate surface area is 193 Å². The Morgan fingerprint density at radius 2 is 1.62 bits per heavy atom. The van der Waals surface area contributed by atoms with Crippen LogP contribution in [0.5, 0.6) is 0 Å². The van der Waals surface area contributed by atoms with Gasteiger partial charge in [-0.3, -0.25) is 15.3 Å². The maximum absolute atomic E-state index is 12.3. The van der Waals surface area contributed by atoms with Crippen molar-refractivity contribution in [2.75, 3.05) is 18.4 Å². The second-order valence-electron chi connectivity index (χ2n) is 7.33. The number of ether oxygens (including phenoxy) is 1. The lowest BCUT2D eigenvalue weighted by atomic mass is 10.0. The number of fused-ring (bicyclic) bond motifs is 1. The van der Waals surface area contributed by atoms with E-state index in [-0.39, 0.29) is 12.4 Å². The smallest absolute Gasteiger partial charge is 0.412 e. The molecule has 0 aromatic heterocycles. The van der Waals surface area contributed by atoms with Gasteiger partial charge in [0.1, 0.15) is 6.54 Å². The van der Waals surface area contributed by atoms with E-state index in [0.717, 1.165) is 30.4 Å². The fourth-order valence-corrected chi connectivity index (χ4v) is 3.48. The van der Waals surface area contributed by atoms with E-state index in [9.17, 15) is 9.59 Å². The van der Waals surface area contributed by atoms with Gasteiger partial charge >= 0.3 is 6.09 Å². The van der Waals surface area contributed by atoms with Crippen molar-refractivity contribution < 1.29 is 36.8 Å². The first-order valence-corrected chi connectivity index (χ1v) is 10.4. The van der Waals surface area contributed by atoms with Gasteiger partial charge in [-0.25, -0.2) is 10.3 Å². The highest BCUT2D eigenvalue weighted by Gasteiger charge is 2.25. The number of carbonyl (C=O) groups excluding carboxylic acids is 2. The number of para-hydroxylation sites is 1. The Morgan fingerprint density at radius 3 is 2.28 bits per heavy atom. The van der Waals surface area contributed by atoms with E-state index in [2.05, 4.69) is 31.3 Å². The van der Waals surface area contributed by atoms with Crippen molar-refractivity contribution in [2.45, 2.75) is 26.5 Å². The zero-order valence-electron chi connectivity index (χ0n) is 18.1. The first-order chi connectivity index (χ1) is 15.0. The molecule has 1 unspecified atom stereocenters. The maximum Gasteiger partial charge on any atom is 0.412 e. The van der Waals surface area contributed by atoms with Gasteiger partial charge in [0.2, 0.25) is 6.10 Å². The zero-order valence-corrected chi connectivity index (χ0v) is 18.9. The third-order valence-electron chi connectivity index (χ3n) is 5.28. The molecule has 0 aliphatic heterocycles. The Morgan fingerprint density at radius 1 is 0.969 bits per heavy atom. The van der Waals surface area contributed by atoms with Crippen molar-refractivity contribution >= 4 is 28.5 Å². The van der Waals surface area contributed by atoms with Crippen LogP contribution in [0.4, 0.5) is 10.5 Å². The number of halogens is 1. The average Bonchev–Trinajstić information content (AvgIpc) is 2.80. The molecule has 3 aromatic rings. The zero-order chi connectivity index (χ0) is 22.2. The van der Waals surface area contributed by atoms with E-state index in [1.165, 1.54) is 10.5 Å². The van der Waals surface area contributed by atoms with Gasteiger partial charge < -0.3 is 22.0 Å². The Kier molecular flexibility index (Phi) is 9.46. The van der Waals surface area contributed by atoms with Gasteiger partial charge in [0.25, 0.3) is 5.91 Å². The summed E-state index contributed by atoms with van der Waals surface area (Å²) >= 11 is 0.